The topological polar surface area (TPSA) is 60.7 Å². The van der Waals surface area contributed by atoms with Gasteiger partial charge in [-0.3, -0.25) is 0 Å². The van der Waals surface area contributed by atoms with Crippen LogP contribution in [0.4, 0.5) is 13.2 Å². The fourth-order valence-electron chi connectivity index (χ4n) is 2.96. The van der Waals surface area contributed by atoms with Crippen molar-refractivity contribution in [1.29, 1.82) is 0 Å². The number of carbonyl (C=O) groups is 1. The molecule has 27 heavy (non-hydrogen) atoms. The molecule has 2 aromatic carbocycles. The predicted molar refractivity (Wildman–Crippen MR) is 92.5 cm³/mol. The molecular weight excluding hydrogens is 363 g/mol. The molecular formula is C19H16F3NO4. The van der Waals surface area contributed by atoms with Crippen LogP contribution in [-0.4, -0.2) is 29.9 Å². The van der Waals surface area contributed by atoms with Gasteiger partial charge in [-0.1, -0.05) is 12.1 Å². The first kappa shape index (κ1) is 18.6. The van der Waals surface area contributed by atoms with Crippen molar-refractivity contribution in [2.75, 3.05) is 14.2 Å². The van der Waals surface area contributed by atoms with Gasteiger partial charge in [0.2, 0.25) is 0 Å². The normalized spacial score (nSPS) is 11.6. The number of rotatable bonds is 5. The number of aromatic nitrogens is 1. The first-order valence-electron chi connectivity index (χ1n) is 7.89. The molecule has 1 heterocycles. The Morgan fingerprint density at radius 3 is 2.33 bits per heavy atom. The number of hydrogen-bond donors (Lipinski definition) is 1. The molecule has 5 nitrogen and oxygen atoms in total. The number of alkyl halides is 3. The van der Waals surface area contributed by atoms with Crippen molar-refractivity contribution >= 4 is 16.9 Å². The second-order valence-electron chi connectivity index (χ2n) is 5.89. The summed E-state index contributed by atoms with van der Waals surface area (Å²) in [5, 5.41) is 10.1. The standard InChI is InChI=1S/C19H16F3NO4/c1-26-16-8-12-7-15(18(24)25)23(14(12)9-17(16)27-2)10-11-4-3-5-13(6-11)19(20,21)22/h3-9H,10H2,1-2H3,(H,24,25). The molecule has 0 aliphatic heterocycles. The fraction of sp³-hybridized carbons (Fsp3) is 0.211. The van der Waals surface area contributed by atoms with E-state index >= 15 is 0 Å². The minimum Gasteiger partial charge on any atom is -0.493 e. The van der Waals surface area contributed by atoms with Crippen LogP contribution in [0.5, 0.6) is 11.5 Å². The maximum absolute atomic E-state index is 13.0. The van der Waals surface area contributed by atoms with Crippen molar-refractivity contribution in [3.05, 3.63) is 59.3 Å². The average molecular weight is 379 g/mol. The monoisotopic (exact) mass is 379 g/mol. The van der Waals surface area contributed by atoms with Crippen LogP contribution in [-0.2, 0) is 12.7 Å². The zero-order chi connectivity index (χ0) is 19.8. The Bertz CT molecular complexity index is 1010. The number of methoxy groups -OCH3 is 2. The van der Waals surface area contributed by atoms with Crippen molar-refractivity contribution in [2.24, 2.45) is 0 Å². The summed E-state index contributed by atoms with van der Waals surface area (Å²) in [6, 6.07) is 9.49. The summed E-state index contributed by atoms with van der Waals surface area (Å²) in [7, 11) is 2.91. The minimum atomic E-state index is -4.47. The number of hydrogen-bond acceptors (Lipinski definition) is 3. The second-order valence-corrected chi connectivity index (χ2v) is 5.89. The van der Waals surface area contributed by atoms with E-state index in [9.17, 15) is 23.1 Å². The Morgan fingerprint density at radius 2 is 1.74 bits per heavy atom. The molecule has 0 radical (unpaired) electrons. The van der Waals surface area contributed by atoms with Crippen LogP contribution < -0.4 is 9.47 Å². The van der Waals surface area contributed by atoms with E-state index in [0.29, 0.717) is 28.0 Å². The van der Waals surface area contributed by atoms with Crippen LogP contribution >= 0.6 is 0 Å². The van der Waals surface area contributed by atoms with E-state index in [1.807, 2.05) is 0 Å². The number of carboxylic acids is 1. The van der Waals surface area contributed by atoms with Crippen LogP contribution in [0.2, 0.25) is 0 Å². The molecule has 0 unspecified atom stereocenters. The van der Waals surface area contributed by atoms with Crippen molar-refractivity contribution in [3.8, 4) is 11.5 Å². The maximum atomic E-state index is 13.0. The third kappa shape index (κ3) is 3.55. The Morgan fingerprint density at radius 1 is 1.07 bits per heavy atom. The van der Waals surface area contributed by atoms with Crippen LogP contribution in [0, 0.1) is 0 Å². The first-order valence-corrected chi connectivity index (χ1v) is 7.89. The molecule has 0 amide bonds. The molecule has 1 N–H and O–H groups in total. The van der Waals surface area contributed by atoms with E-state index in [2.05, 4.69) is 0 Å². The van der Waals surface area contributed by atoms with Gasteiger partial charge in [-0.25, -0.2) is 4.79 Å². The number of ether oxygens (including phenoxy) is 2. The molecule has 3 rings (SSSR count). The Balaban J connectivity index is 2.15. The van der Waals surface area contributed by atoms with Crippen molar-refractivity contribution < 1.29 is 32.5 Å². The Kier molecular flexibility index (Phi) is 4.73. The molecule has 0 saturated heterocycles. The summed E-state index contributed by atoms with van der Waals surface area (Å²) < 4.78 is 50.8. The number of halogens is 3. The highest BCUT2D eigenvalue weighted by Gasteiger charge is 2.30. The second kappa shape index (κ2) is 6.86. The van der Waals surface area contributed by atoms with Crippen LogP contribution in [0.3, 0.4) is 0 Å². The Hall–Kier alpha value is -3.16. The van der Waals surface area contributed by atoms with E-state index in [1.165, 1.54) is 37.0 Å². The van der Waals surface area contributed by atoms with E-state index < -0.39 is 17.7 Å². The predicted octanol–water partition coefficient (Wildman–Crippen LogP) is 4.42. The molecule has 0 fully saturated rings. The van der Waals surface area contributed by atoms with E-state index in [4.69, 9.17) is 9.47 Å². The molecule has 0 atom stereocenters. The lowest BCUT2D eigenvalue weighted by molar-refractivity contribution is -0.137. The summed E-state index contributed by atoms with van der Waals surface area (Å²) in [5.41, 5.74) is 0.0207. The number of aromatic carboxylic acids is 1. The highest BCUT2D eigenvalue weighted by atomic mass is 19.4. The third-order valence-corrected chi connectivity index (χ3v) is 4.22. The van der Waals surface area contributed by atoms with Gasteiger partial charge in [0.15, 0.2) is 11.5 Å². The van der Waals surface area contributed by atoms with Gasteiger partial charge in [0.25, 0.3) is 0 Å². The minimum absolute atomic E-state index is 0.0372. The third-order valence-electron chi connectivity index (χ3n) is 4.22. The van der Waals surface area contributed by atoms with Crippen LogP contribution in [0.25, 0.3) is 10.9 Å². The van der Waals surface area contributed by atoms with E-state index in [0.717, 1.165) is 12.1 Å². The molecule has 0 aliphatic rings. The van der Waals surface area contributed by atoms with Gasteiger partial charge < -0.3 is 19.1 Å². The van der Waals surface area contributed by atoms with Gasteiger partial charge in [-0.05, 0) is 29.8 Å². The average Bonchev–Trinajstić information content (AvgIpc) is 2.97. The zero-order valence-corrected chi connectivity index (χ0v) is 14.5. The summed E-state index contributed by atoms with van der Waals surface area (Å²) in [6.07, 6.45) is -4.47. The zero-order valence-electron chi connectivity index (χ0n) is 14.5. The van der Waals surface area contributed by atoms with Gasteiger partial charge in [0.1, 0.15) is 5.69 Å². The molecule has 142 valence electrons. The summed E-state index contributed by atoms with van der Waals surface area (Å²) in [6.45, 7) is -0.0372. The molecule has 0 aliphatic carbocycles. The van der Waals surface area contributed by atoms with Gasteiger partial charge in [0, 0.05) is 18.0 Å². The lowest BCUT2D eigenvalue weighted by Crippen LogP contribution is -2.11. The smallest absolute Gasteiger partial charge is 0.416 e. The van der Waals surface area contributed by atoms with Crippen molar-refractivity contribution in [2.45, 2.75) is 12.7 Å². The first-order chi connectivity index (χ1) is 12.7. The largest absolute Gasteiger partial charge is 0.493 e. The molecule has 1 aromatic heterocycles. The molecule has 0 saturated carbocycles. The van der Waals surface area contributed by atoms with Gasteiger partial charge in [-0.2, -0.15) is 13.2 Å². The highest BCUT2D eigenvalue weighted by Crippen LogP contribution is 2.35. The SMILES string of the molecule is COc1cc2cc(C(=O)O)n(Cc3cccc(C(F)(F)F)c3)c2cc1OC. The number of fused-ring (bicyclic) bond motifs is 1. The van der Waals surface area contributed by atoms with E-state index in [-0.39, 0.29) is 12.2 Å². The number of carboxylic acid groups (broad SMARTS) is 1. The Labute approximate surface area is 152 Å². The van der Waals surface area contributed by atoms with Crippen LogP contribution in [0.15, 0.2) is 42.5 Å². The van der Waals surface area contributed by atoms with Gasteiger partial charge in [-0.15, -0.1) is 0 Å². The quantitative estimate of drug-likeness (QED) is 0.713. The van der Waals surface area contributed by atoms with Gasteiger partial charge in [0.05, 0.1) is 25.3 Å². The number of benzene rings is 2. The number of nitrogens with zero attached hydrogens (tertiary/aromatic N) is 1. The fourth-order valence-corrected chi connectivity index (χ4v) is 2.96. The van der Waals surface area contributed by atoms with Gasteiger partial charge >= 0.3 is 12.1 Å². The van der Waals surface area contributed by atoms with Crippen LogP contribution in [0.1, 0.15) is 21.6 Å². The highest BCUT2D eigenvalue weighted by molar-refractivity contribution is 5.96. The van der Waals surface area contributed by atoms with Crippen molar-refractivity contribution in [3.63, 3.8) is 0 Å². The molecule has 0 bridgehead atoms. The summed E-state index contributed by atoms with van der Waals surface area (Å²) >= 11 is 0. The lowest BCUT2D eigenvalue weighted by atomic mass is 10.1. The summed E-state index contributed by atoms with van der Waals surface area (Å²) in [5.74, 6) is -0.361. The molecule has 3 aromatic rings. The van der Waals surface area contributed by atoms with E-state index in [1.54, 1.807) is 12.1 Å². The van der Waals surface area contributed by atoms with Crippen molar-refractivity contribution in [1.82, 2.24) is 4.57 Å². The molecule has 8 heteroatoms. The lowest BCUT2D eigenvalue weighted by Gasteiger charge is -2.13. The summed E-state index contributed by atoms with van der Waals surface area (Å²) in [4.78, 5) is 11.7. The maximum Gasteiger partial charge on any atom is 0.416 e. The molecule has 0 spiro atoms.